The van der Waals surface area contributed by atoms with Crippen LogP contribution in [0.25, 0.3) is 0 Å². The van der Waals surface area contributed by atoms with Gasteiger partial charge in [-0.15, -0.1) is 0 Å². The lowest BCUT2D eigenvalue weighted by Gasteiger charge is -2.28. The summed E-state index contributed by atoms with van der Waals surface area (Å²) >= 11 is 0. The standard InChI is InChI=1S/C12H21N5/c1-13-11-7-12(16-9-15-11)17(2)8-10-3-5-14-6-4-10/h7,9-10,14H,3-6,8H2,1-2H3,(H,13,15,16). The SMILES string of the molecule is CNc1cc(N(C)CC2CCNCC2)ncn1. The summed E-state index contributed by atoms with van der Waals surface area (Å²) in [5.41, 5.74) is 0. The first-order valence-electron chi connectivity index (χ1n) is 6.21. The quantitative estimate of drug-likeness (QED) is 0.814. The molecule has 94 valence electrons. The Balaban J connectivity index is 1.95. The van der Waals surface area contributed by atoms with Gasteiger partial charge in [0.2, 0.25) is 0 Å². The normalized spacial score (nSPS) is 16.8. The Kier molecular flexibility index (Phi) is 4.14. The Hall–Kier alpha value is -1.36. The van der Waals surface area contributed by atoms with Gasteiger partial charge in [-0.1, -0.05) is 0 Å². The van der Waals surface area contributed by atoms with Crippen molar-refractivity contribution in [1.29, 1.82) is 0 Å². The van der Waals surface area contributed by atoms with E-state index in [-0.39, 0.29) is 0 Å². The molecule has 1 aromatic heterocycles. The van der Waals surface area contributed by atoms with Gasteiger partial charge in [0, 0.05) is 26.7 Å². The minimum atomic E-state index is 0.772. The largest absolute Gasteiger partial charge is 0.373 e. The van der Waals surface area contributed by atoms with Crippen LogP contribution >= 0.6 is 0 Å². The van der Waals surface area contributed by atoms with Crippen LogP contribution in [0, 0.1) is 5.92 Å². The van der Waals surface area contributed by atoms with E-state index in [2.05, 4.69) is 32.5 Å². The van der Waals surface area contributed by atoms with Crippen LogP contribution < -0.4 is 15.5 Å². The van der Waals surface area contributed by atoms with Crippen LogP contribution in [0.5, 0.6) is 0 Å². The highest BCUT2D eigenvalue weighted by Crippen LogP contribution is 2.17. The summed E-state index contributed by atoms with van der Waals surface area (Å²) in [7, 11) is 3.97. The van der Waals surface area contributed by atoms with E-state index in [1.807, 2.05) is 13.1 Å². The molecule has 0 amide bonds. The molecule has 0 unspecified atom stereocenters. The number of hydrogen-bond donors (Lipinski definition) is 2. The van der Waals surface area contributed by atoms with Crippen molar-refractivity contribution in [3.63, 3.8) is 0 Å². The summed E-state index contributed by atoms with van der Waals surface area (Å²) in [6.45, 7) is 3.36. The first-order chi connectivity index (χ1) is 8.29. The summed E-state index contributed by atoms with van der Waals surface area (Å²) in [6.07, 6.45) is 4.13. The molecule has 1 saturated heterocycles. The van der Waals surface area contributed by atoms with E-state index < -0.39 is 0 Å². The van der Waals surface area contributed by atoms with E-state index in [1.165, 1.54) is 12.8 Å². The van der Waals surface area contributed by atoms with Crippen LogP contribution in [0.1, 0.15) is 12.8 Å². The van der Waals surface area contributed by atoms with Crippen LogP contribution in [0.15, 0.2) is 12.4 Å². The maximum Gasteiger partial charge on any atom is 0.133 e. The number of hydrogen-bond acceptors (Lipinski definition) is 5. The van der Waals surface area contributed by atoms with Crippen LogP contribution in [0.2, 0.25) is 0 Å². The number of aromatic nitrogens is 2. The van der Waals surface area contributed by atoms with Crippen molar-refractivity contribution in [1.82, 2.24) is 15.3 Å². The zero-order valence-corrected chi connectivity index (χ0v) is 10.6. The first-order valence-corrected chi connectivity index (χ1v) is 6.21. The summed E-state index contributed by atoms with van der Waals surface area (Å²) < 4.78 is 0. The van der Waals surface area contributed by atoms with Crippen molar-refractivity contribution in [2.75, 3.05) is 43.9 Å². The maximum atomic E-state index is 4.31. The fourth-order valence-electron chi connectivity index (χ4n) is 2.24. The van der Waals surface area contributed by atoms with Gasteiger partial charge in [-0.25, -0.2) is 9.97 Å². The molecule has 0 bridgehead atoms. The molecule has 0 aliphatic carbocycles. The highest BCUT2D eigenvalue weighted by molar-refractivity contribution is 5.47. The van der Waals surface area contributed by atoms with E-state index in [0.29, 0.717) is 0 Å². The van der Waals surface area contributed by atoms with Crippen LogP contribution in [0.3, 0.4) is 0 Å². The van der Waals surface area contributed by atoms with Gasteiger partial charge in [-0.3, -0.25) is 0 Å². The second-order valence-electron chi connectivity index (χ2n) is 4.59. The summed E-state index contributed by atoms with van der Waals surface area (Å²) in [5, 5.41) is 6.43. The Morgan fingerprint density at radius 1 is 1.41 bits per heavy atom. The molecular formula is C12H21N5. The van der Waals surface area contributed by atoms with Gasteiger partial charge in [-0.05, 0) is 31.8 Å². The molecule has 5 heteroatoms. The third kappa shape index (κ3) is 3.30. The number of nitrogens with one attached hydrogen (secondary N) is 2. The molecular weight excluding hydrogens is 214 g/mol. The smallest absolute Gasteiger partial charge is 0.133 e. The predicted octanol–water partition coefficient (Wildman–Crippen LogP) is 0.954. The van der Waals surface area contributed by atoms with Crippen molar-refractivity contribution in [2.24, 2.45) is 5.92 Å². The molecule has 1 fully saturated rings. The summed E-state index contributed by atoms with van der Waals surface area (Å²) in [5.74, 6) is 2.63. The number of piperidine rings is 1. The third-order valence-corrected chi connectivity index (χ3v) is 3.29. The van der Waals surface area contributed by atoms with E-state index in [0.717, 1.165) is 37.2 Å². The van der Waals surface area contributed by atoms with Crippen LogP contribution in [0.4, 0.5) is 11.6 Å². The minimum Gasteiger partial charge on any atom is -0.373 e. The molecule has 1 aromatic rings. The van der Waals surface area contributed by atoms with Gasteiger partial charge in [0.1, 0.15) is 18.0 Å². The summed E-state index contributed by atoms with van der Waals surface area (Å²) in [4.78, 5) is 10.7. The molecule has 2 rings (SSSR count). The highest BCUT2D eigenvalue weighted by atomic mass is 15.2. The van der Waals surface area contributed by atoms with E-state index >= 15 is 0 Å². The first kappa shape index (κ1) is 12.1. The Morgan fingerprint density at radius 2 is 2.18 bits per heavy atom. The van der Waals surface area contributed by atoms with Crippen molar-refractivity contribution >= 4 is 11.6 Å². The van der Waals surface area contributed by atoms with Crippen molar-refractivity contribution in [3.05, 3.63) is 12.4 Å². The molecule has 17 heavy (non-hydrogen) atoms. The fourth-order valence-corrected chi connectivity index (χ4v) is 2.24. The average Bonchev–Trinajstić information content (AvgIpc) is 2.40. The lowest BCUT2D eigenvalue weighted by Crippen LogP contribution is -2.34. The molecule has 5 nitrogen and oxygen atoms in total. The van der Waals surface area contributed by atoms with Crippen LogP contribution in [-0.4, -0.2) is 43.7 Å². The molecule has 1 aliphatic heterocycles. The third-order valence-electron chi connectivity index (χ3n) is 3.29. The number of rotatable bonds is 4. The Morgan fingerprint density at radius 3 is 2.88 bits per heavy atom. The highest BCUT2D eigenvalue weighted by Gasteiger charge is 2.15. The topological polar surface area (TPSA) is 53.1 Å². The van der Waals surface area contributed by atoms with Crippen molar-refractivity contribution < 1.29 is 0 Å². The monoisotopic (exact) mass is 235 g/mol. The second-order valence-corrected chi connectivity index (χ2v) is 4.59. The zero-order valence-electron chi connectivity index (χ0n) is 10.6. The van der Waals surface area contributed by atoms with Gasteiger partial charge in [0.15, 0.2) is 0 Å². The number of anilines is 2. The van der Waals surface area contributed by atoms with Gasteiger partial charge < -0.3 is 15.5 Å². The molecule has 1 aliphatic rings. The summed E-state index contributed by atoms with van der Waals surface area (Å²) in [6, 6.07) is 1.99. The molecule has 0 aromatic carbocycles. The fraction of sp³-hybridized carbons (Fsp3) is 0.667. The van der Waals surface area contributed by atoms with Gasteiger partial charge in [-0.2, -0.15) is 0 Å². The van der Waals surface area contributed by atoms with Crippen molar-refractivity contribution in [2.45, 2.75) is 12.8 Å². The minimum absolute atomic E-state index is 0.772. The zero-order chi connectivity index (χ0) is 12.1. The van der Waals surface area contributed by atoms with Crippen molar-refractivity contribution in [3.8, 4) is 0 Å². The van der Waals surface area contributed by atoms with E-state index in [4.69, 9.17) is 0 Å². The van der Waals surface area contributed by atoms with Crippen LogP contribution in [-0.2, 0) is 0 Å². The van der Waals surface area contributed by atoms with Gasteiger partial charge in [0.05, 0.1) is 0 Å². The van der Waals surface area contributed by atoms with E-state index in [1.54, 1.807) is 6.33 Å². The van der Waals surface area contributed by atoms with E-state index in [9.17, 15) is 0 Å². The van der Waals surface area contributed by atoms with Gasteiger partial charge >= 0.3 is 0 Å². The molecule has 0 spiro atoms. The molecule has 0 radical (unpaired) electrons. The maximum absolute atomic E-state index is 4.31. The lowest BCUT2D eigenvalue weighted by atomic mass is 9.98. The predicted molar refractivity (Wildman–Crippen MR) is 70.4 cm³/mol. The number of nitrogens with zero attached hydrogens (tertiary/aromatic N) is 3. The molecule has 2 heterocycles. The molecule has 2 N–H and O–H groups in total. The lowest BCUT2D eigenvalue weighted by molar-refractivity contribution is 0.377. The Labute approximate surface area is 103 Å². The van der Waals surface area contributed by atoms with Gasteiger partial charge in [0.25, 0.3) is 0 Å². The second kappa shape index (κ2) is 5.82. The Bertz CT molecular complexity index is 349. The molecule has 0 atom stereocenters. The average molecular weight is 235 g/mol. The molecule has 0 saturated carbocycles.